The molecule has 0 saturated carbocycles. The zero-order chi connectivity index (χ0) is 14.7. The Morgan fingerprint density at radius 1 is 0.857 bits per heavy atom. The van der Waals surface area contributed by atoms with Gasteiger partial charge in [-0.1, -0.05) is 36.4 Å². The van der Waals surface area contributed by atoms with E-state index in [1.165, 1.54) is 22.3 Å². The van der Waals surface area contributed by atoms with E-state index in [9.17, 15) is 0 Å². The molecule has 0 spiro atoms. The maximum Gasteiger partial charge on any atom is 0.0924 e. The van der Waals surface area contributed by atoms with Crippen LogP contribution in [0.15, 0.2) is 60.9 Å². The smallest absolute Gasteiger partial charge is 0.0924 e. The number of hydrogen-bond acceptors (Lipinski definition) is 2. The molecule has 2 heteroatoms. The molecule has 104 valence electrons. The second kappa shape index (κ2) is 5.88. The van der Waals surface area contributed by atoms with Gasteiger partial charge in [0.25, 0.3) is 0 Å². The number of rotatable bonds is 3. The lowest BCUT2D eigenvalue weighted by atomic mass is 9.95. The van der Waals surface area contributed by atoms with Gasteiger partial charge in [0.05, 0.1) is 11.4 Å². The van der Waals surface area contributed by atoms with Crippen LogP contribution in [0.5, 0.6) is 0 Å². The summed E-state index contributed by atoms with van der Waals surface area (Å²) in [6.07, 6.45) is 4.64. The zero-order valence-corrected chi connectivity index (χ0v) is 12.4. The summed E-state index contributed by atoms with van der Waals surface area (Å²) in [6.45, 7) is 4.28. The molecule has 0 unspecified atom stereocenters. The summed E-state index contributed by atoms with van der Waals surface area (Å²) in [5, 5.41) is 0. The van der Waals surface area contributed by atoms with Crippen molar-refractivity contribution >= 4 is 0 Å². The minimum atomic E-state index is 0.882. The van der Waals surface area contributed by atoms with Gasteiger partial charge in [0.2, 0.25) is 0 Å². The minimum absolute atomic E-state index is 0.882. The van der Waals surface area contributed by atoms with E-state index in [-0.39, 0.29) is 0 Å². The number of benzene rings is 1. The molecule has 0 radical (unpaired) electrons. The van der Waals surface area contributed by atoms with Crippen molar-refractivity contribution in [2.45, 2.75) is 20.3 Å². The van der Waals surface area contributed by atoms with Crippen LogP contribution in [0.3, 0.4) is 0 Å². The van der Waals surface area contributed by atoms with E-state index in [0.717, 1.165) is 17.8 Å². The summed E-state index contributed by atoms with van der Waals surface area (Å²) >= 11 is 0. The van der Waals surface area contributed by atoms with Crippen molar-refractivity contribution in [3.63, 3.8) is 0 Å². The highest BCUT2D eigenvalue weighted by Crippen LogP contribution is 2.26. The van der Waals surface area contributed by atoms with Gasteiger partial charge in [0.15, 0.2) is 0 Å². The molecule has 2 aromatic heterocycles. The fourth-order valence-electron chi connectivity index (χ4n) is 2.49. The molecule has 2 heterocycles. The molecule has 21 heavy (non-hydrogen) atoms. The molecular weight excluding hydrogens is 256 g/mol. The van der Waals surface area contributed by atoms with E-state index in [2.05, 4.69) is 48.1 Å². The molecule has 3 rings (SSSR count). The molecular formula is C19H18N2. The number of pyridine rings is 2. The number of hydrogen-bond donors (Lipinski definition) is 0. The van der Waals surface area contributed by atoms with Gasteiger partial charge in [-0.25, -0.2) is 0 Å². The Bertz CT molecular complexity index is 734. The van der Waals surface area contributed by atoms with E-state index >= 15 is 0 Å². The second-order valence-electron chi connectivity index (χ2n) is 5.27. The van der Waals surface area contributed by atoms with Crippen LogP contribution < -0.4 is 0 Å². The Morgan fingerprint density at radius 2 is 1.62 bits per heavy atom. The van der Waals surface area contributed by atoms with Gasteiger partial charge in [-0.15, -0.1) is 0 Å². The van der Waals surface area contributed by atoms with E-state index in [1.807, 2.05) is 36.7 Å². The van der Waals surface area contributed by atoms with Crippen molar-refractivity contribution in [2.75, 3.05) is 0 Å². The first-order valence-corrected chi connectivity index (χ1v) is 7.16. The molecule has 2 nitrogen and oxygen atoms in total. The first kappa shape index (κ1) is 13.5. The average molecular weight is 274 g/mol. The van der Waals surface area contributed by atoms with Crippen LogP contribution in [0.4, 0.5) is 0 Å². The summed E-state index contributed by atoms with van der Waals surface area (Å²) in [5.41, 5.74) is 7.01. The number of aromatic nitrogens is 2. The van der Waals surface area contributed by atoms with Crippen molar-refractivity contribution in [2.24, 2.45) is 0 Å². The quantitative estimate of drug-likeness (QED) is 0.709. The van der Waals surface area contributed by atoms with Gasteiger partial charge in [-0.2, -0.15) is 0 Å². The molecule has 0 atom stereocenters. The fourth-order valence-corrected chi connectivity index (χ4v) is 2.49. The van der Waals surface area contributed by atoms with Crippen molar-refractivity contribution in [1.29, 1.82) is 0 Å². The zero-order valence-electron chi connectivity index (χ0n) is 12.4. The summed E-state index contributed by atoms with van der Waals surface area (Å²) in [7, 11) is 0. The Kier molecular flexibility index (Phi) is 3.78. The van der Waals surface area contributed by atoms with Crippen molar-refractivity contribution in [1.82, 2.24) is 9.97 Å². The Balaban J connectivity index is 2.11. The molecule has 0 aliphatic carbocycles. The van der Waals surface area contributed by atoms with Crippen LogP contribution in [-0.4, -0.2) is 9.97 Å². The highest BCUT2D eigenvalue weighted by Gasteiger charge is 2.12. The molecule has 0 amide bonds. The van der Waals surface area contributed by atoms with Crippen LogP contribution in [0.2, 0.25) is 0 Å². The predicted molar refractivity (Wildman–Crippen MR) is 86.2 cm³/mol. The Hall–Kier alpha value is -2.48. The first-order chi connectivity index (χ1) is 10.3. The normalized spacial score (nSPS) is 10.6. The number of nitrogens with zero attached hydrogens (tertiary/aromatic N) is 2. The van der Waals surface area contributed by atoms with Gasteiger partial charge >= 0.3 is 0 Å². The predicted octanol–water partition coefficient (Wildman–Crippen LogP) is 4.35. The standard InChI is InChI=1S/C19H18N2/c1-14-13-21-19(18-10-6-7-11-20-18)17(15(14)2)12-16-8-4-3-5-9-16/h3-11,13H,12H2,1-2H3. The minimum Gasteiger partial charge on any atom is -0.255 e. The maximum absolute atomic E-state index is 4.64. The van der Waals surface area contributed by atoms with E-state index in [1.54, 1.807) is 0 Å². The molecule has 3 aromatic rings. The van der Waals surface area contributed by atoms with Gasteiger partial charge in [-0.05, 0) is 54.7 Å². The van der Waals surface area contributed by atoms with Crippen molar-refractivity contribution < 1.29 is 0 Å². The number of aryl methyl sites for hydroxylation is 1. The van der Waals surface area contributed by atoms with Crippen molar-refractivity contribution in [3.8, 4) is 11.4 Å². The molecule has 1 aromatic carbocycles. The van der Waals surface area contributed by atoms with E-state index in [4.69, 9.17) is 0 Å². The third kappa shape index (κ3) is 2.84. The lowest BCUT2D eigenvalue weighted by Crippen LogP contribution is -2.01. The maximum atomic E-state index is 4.64. The van der Waals surface area contributed by atoms with Crippen LogP contribution in [-0.2, 0) is 6.42 Å². The highest BCUT2D eigenvalue weighted by molar-refractivity contribution is 5.62. The molecule has 0 saturated heterocycles. The van der Waals surface area contributed by atoms with Crippen LogP contribution in [0.25, 0.3) is 11.4 Å². The van der Waals surface area contributed by atoms with Gasteiger partial charge in [0.1, 0.15) is 0 Å². The van der Waals surface area contributed by atoms with Crippen LogP contribution in [0, 0.1) is 13.8 Å². The largest absolute Gasteiger partial charge is 0.255 e. The third-order valence-corrected chi connectivity index (χ3v) is 3.85. The SMILES string of the molecule is Cc1cnc(-c2ccccn2)c(Cc2ccccc2)c1C. The lowest BCUT2D eigenvalue weighted by Gasteiger charge is -2.13. The second-order valence-corrected chi connectivity index (χ2v) is 5.27. The third-order valence-electron chi connectivity index (χ3n) is 3.85. The first-order valence-electron chi connectivity index (χ1n) is 7.16. The average Bonchev–Trinajstić information content (AvgIpc) is 2.54. The van der Waals surface area contributed by atoms with Gasteiger partial charge < -0.3 is 0 Å². The lowest BCUT2D eigenvalue weighted by molar-refractivity contribution is 1.08. The van der Waals surface area contributed by atoms with Crippen LogP contribution >= 0.6 is 0 Å². The topological polar surface area (TPSA) is 25.8 Å². The van der Waals surface area contributed by atoms with Gasteiger partial charge in [-0.3, -0.25) is 9.97 Å². The summed E-state index contributed by atoms with van der Waals surface area (Å²) in [6, 6.07) is 16.5. The van der Waals surface area contributed by atoms with Gasteiger partial charge in [0, 0.05) is 12.4 Å². The molecule has 0 aliphatic heterocycles. The van der Waals surface area contributed by atoms with Crippen LogP contribution in [0.1, 0.15) is 22.3 Å². The highest BCUT2D eigenvalue weighted by atomic mass is 14.8. The Morgan fingerprint density at radius 3 is 2.33 bits per heavy atom. The molecule has 0 N–H and O–H groups in total. The summed E-state index contributed by atoms with van der Waals surface area (Å²) < 4.78 is 0. The fraction of sp³-hybridized carbons (Fsp3) is 0.158. The van der Waals surface area contributed by atoms with Crippen molar-refractivity contribution in [3.05, 3.63) is 83.2 Å². The Labute approximate surface area is 125 Å². The molecule has 0 fully saturated rings. The monoisotopic (exact) mass is 274 g/mol. The summed E-state index contributed by atoms with van der Waals surface area (Å²) in [5.74, 6) is 0. The van der Waals surface area contributed by atoms with E-state index in [0.29, 0.717) is 0 Å². The molecule has 0 bridgehead atoms. The van der Waals surface area contributed by atoms with E-state index < -0.39 is 0 Å². The summed E-state index contributed by atoms with van der Waals surface area (Å²) in [4.78, 5) is 9.10. The molecule has 0 aliphatic rings.